The van der Waals surface area contributed by atoms with Crippen molar-refractivity contribution >= 4 is 46.7 Å². The zero-order valence-electron chi connectivity index (χ0n) is 18.2. The van der Waals surface area contributed by atoms with Gasteiger partial charge in [0.05, 0.1) is 6.54 Å². The molecule has 1 amide bonds. The number of halogens is 1. The minimum Gasteiger partial charge on any atom is -0.361 e. The van der Waals surface area contributed by atoms with Crippen LogP contribution in [0, 0.1) is 6.92 Å². The van der Waals surface area contributed by atoms with E-state index < -0.39 is 0 Å². The van der Waals surface area contributed by atoms with Gasteiger partial charge in [-0.25, -0.2) is 0 Å². The number of hydrogen-bond donors (Lipinski definition) is 4. The van der Waals surface area contributed by atoms with E-state index >= 15 is 0 Å². The van der Waals surface area contributed by atoms with Crippen molar-refractivity contribution in [2.45, 2.75) is 64.8 Å². The summed E-state index contributed by atoms with van der Waals surface area (Å²) in [5, 5.41) is 11.1. The molecule has 0 unspecified atom stereocenters. The lowest BCUT2D eigenvalue weighted by atomic mass is 9.95. The van der Waals surface area contributed by atoms with Gasteiger partial charge in [0.2, 0.25) is 5.91 Å². The van der Waals surface area contributed by atoms with Gasteiger partial charge < -0.3 is 20.9 Å². The van der Waals surface area contributed by atoms with E-state index in [0.717, 1.165) is 38.3 Å². The maximum absolute atomic E-state index is 12.1. The number of benzene rings is 1. The molecule has 1 fully saturated rings. The zero-order chi connectivity index (χ0) is 20.5. The summed E-state index contributed by atoms with van der Waals surface area (Å²) in [5.41, 5.74) is 3.75. The fourth-order valence-corrected chi connectivity index (χ4v) is 3.98. The average Bonchev–Trinajstić information content (AvgIpc) is 3.10. The van der Waals surface area contributed by atoms with Crippen LogP contribution >= 0.6 is 24.0 Å². The number of hydrogen-bond acceptors (Lipinski definition) is 2. The highest BCUT2D eigenvalue weighted by Gasteiger charge is 2.15. The number of nitrogens with zero attached hydrogens (tertiary/aromatic N) is 1. The topological polar surface area (TPSA) is 81.3 Å². The normalized spacial score (nSPS) is 14.9. The molecule has 4 N–H and O–H groups in total. The molecule has 0 atom stereocenters. The van der Waals surface area contributed by atoms with E-state index in [1.165, 1.54) is 41.3 Å². The summed E-state index contributed by atoms with van der Waals surface area (Å²) >= 11 is 0. The van der Waals surface area contributed by atoms with Gasteiger partial charge in [0.15, 0.2) is 5.96 Å². The van der Waals surface area contributed by atoms with Gasteiger partial charge in [0.1, 0.15) is 0 Å². The molecule has 1 saturated carbocycles. The Morgan fingerprint density at radius 3 is 2.77 bits per heavy atom. The number of amides is 1. The first-order valence-corrected chi connectivity index (χ1v) is 11.0. The molecule has 0 bridgehead atoms. The Bertz CT molecular complexity index is 826. The van der Waals surface area contributed by atoms with Gasteiger partial charge in [-0.05, 0) is 50.3 Å². The molecule has 1 aliphatic carbocycles. The molecular formula is C23H36IN5O. The number of carbonyl (C=O) groups excluding carboxylic acids is 1. The number of fused-ring (bicyclic) bond motifs is 1. The number of aliphatic imine (C=N–C) groups is 1. The van der Waals surface area contributed by atoms with Crippen LogP contribution in [0.2, 0.25) is 0 Å². The third-order valence-corrected chi connectivity index (χ3v) is 5.53. The van der Waals surface area contributed by atoms with Crippen LogP contribution < -0.4 is 16.0 Å². The van der Waals surface area contributed by atoms with Crippen LogP contribution in [0.1, 0.15) is 56.6 Å². The monoisotopic (exact) mass is 525 g/mol. The smallest absolute Gasteiger partial charge is 0.222 e. The second-order valence-electron chi connectivity index (χ2n) is 7.95. The summed E-state index contributed by atoms with van der Waals surface area (Å²) < 4.78 is 0. The van der Waals surface area contributed by atoms with Gasteiger partial charge in [-0.3, -0.25) is 9.79 Å². The number of aromatic amines is 1. The lowest BCUT2D eigenvalue weighted by Gasteiger charge is -2.22. The highest BCUT2D eigenvalue weighted by atomic mass is 127. The SMILES string of the molecule is CCNC(=NCCC(=O)NC1CCCCC1)NCCc1c[nH]c2cc(C)ccc12.I. The van der Waals surface area contributed by atoms with Crippen LogP contribution in [0.25, 0.3) is 10.9 Å². The molecular weight excluding hydrogens is 489 g/mol. The predicted molar refractivity (Wildman–Crippen MR) is 136 cm³/mol. The van der Waals surface area contributed by atoms with Crippen molar-refractivity contribution in [2.75, 3.05) is 19.6 Å². The minimum absolute atomic E-state index is 0. The summed E-state index contributed by atoms with van der Waals surface area (Å²) in [5.74, 6) is 0.888. The Morgan fingerprint density at radius 1 is 1.20 bits per heavy atom. The molecule has 2 aromatic rings. The minimum atomic E-state index is 0. The molecule has 166 valence electrons. The third kappa shape index (κ3) is 7.49. The van der Waals surface area contributed by atoms with Gasteiger partial charge in [0.25, 0.3) is 0 Å². The fourth-order valence-electron chi connectivity index (χ4n) is 3.98. The summed E-state index contributed by atoms with van der Waals surface area (Å²) in [6.07, 6.45) is 9.43. The number of H-pyrrole nitrogens is 1. The number of rotatable bonds is 8. The number of carbonyl (C=O) groups is 1. The first-order valence-electron chi connectivity index (χ1n) is 11.0. The van der Waals surface area contributed by atoms with Crippen molar-refractivity contribution in [3.63, 3.8) is 0 Å². The number of aromatic nitrogens is 1. The fraction of sp³-hybridized carbons (Fsp3) is 0.565. The van der Waals surface area contributed by atoms with Crippen LogP contribution in [0.5, 0.6) is 0 Å². The highest BCUT2D eigenvalue weighted by molar-refractivity contribution is 14.0. The first kappa shape index (κ1) is 24.5. The van der Waals surface area contributed by atoms with Crippen molar-refractivity contribution < 1.29 is 4.79 Å². The molecule has 0 radical (unpaired) electrons. The van der Waals surface area contributed by atoms with Crippen LogP contribution in [0.4, 0.5) is 0 Å². The summed E-state index contributed by atoms with van der Waals surface area (Å²) in [7, 11) is 0. The van der Waals surface area contributed by atoms with Gasteiger partial charge in [-0.1, -0.05) is 31.4 Å². The Hall–Kier alpha value is -1.77. The van der Waals surface area contributed by atoms with Gasteiger partial charge >= 0.3 is 0 Å². The molecule has 3 rings (SSSR count). The van der Waals surface area contributed by atoms with Gasteiger partial charge in [-0.15, -0.1) is 24.0 Å². The van der Waals surface area contributed by atoms with E-state index in [0.29, 0.717) is 19.0 Å². The Balaban J connectivity index is 0.00000320. The first-order chi connectivity index (χ1) is 14.2. The average molecular weight is 525 g/mol. The molecule has 6 nitrogen and oxygen atoms in total. The molecule has 0 aliphatic heterocycles. The molecule has 7 heteroatoms. The van der Waals surface area contributed by atoms with Crippen LogP contribution in [-0.2, 0) is 11.2 Å². The van der Waals surface area contributed by atoms with Gasteiger partial charge in [-0.2, -0.15) is 0 Å². The maximum atomic E-state index is 12.1. The van der Waals surface area contributed by atoms with Crippen LogP contribution in [0.15, 0.2) is 29.4 Å². The van der Waals surface area contributed by atoms with E-state index in [9.17, 15) is 4.79 Å². The van der Waals surface area contributed by atoms with Crippen LogP contribution in [-0.4, -0.2) is 42.5 Å². The zero-order valence-corrected chi connectivity index (χ0v) is 20.6. The maximum Gasteiger partial charge on any atom is 0.222 e. The molecule has 1 heterocycles. The molecule has 30 heavy (non-hydrogen) atoms. The molecule has 1 aliphatic rings. The van der Waals surface area contributed by atoms with Crippen molar-refractivity contribution in [3.05, 3.63) is 35.5 Å². The van der Waals surface area contributed by atoms with Crippen molar-refractivity contribution in [1.29, 1.82) is 0 Å². The Kier molecular flexibility index (Phi) is 10.5. The second kappa shape index (κ2) is 12.8. The van der Waals surface area contributed by atoms with E-state index in [-0.39, 0.29) is 29.9 Å². The standard InChI is InChI=1S/C23H35N5O.HI/c1-3-24-23(26-14-12-22(29)28-19-7-5-4-6-8-19)25-13-11-18-16-27-21-15-17(2)9-10-20(18)21;/h9-10,15-16,19,27H,3-8,11-14H2,1-2H3,(H,28,29)(H2,24,25,26);1H. The molecule has 1 aromatic carbocycles. The Labute approximate surface area is 197 Å². The molecule has 1 aromatic heterocycles. The van der Waals surface area contributed by atoms with Crippen molar-refractivity contribution in [3.8, 4) is 0 Å². The highest BCUT2D eigenvalue weighted by Crippen LogP contribution is 2.19. The summed E-state index contributed by atoms with van der Waals surface area (Å²) in [6.45, 7) is 6.25. The molecule has 0 spiro atoms. The Morgan fingerprint density at radius 2 is 2.00 bits per heavy atom. The van der Waals surface area contributed by atoms with Crippen molar-refractivity contribution in [1.82, 2.24) is 20.9 Å². The van der Waals surface area contributed by atoms with Crippen molar-refractivity contribution in [2.24, 2.45) is 4.99 Å². The van der Waals surface area contributed by atoms with E-state index in [1.807, 2.05) is 0 Å². The lowest BCUT2D eigenvalue weighted by Crippen LogP contribution is -2.39. The predicted octanol–water partition coefficient (Wildman–Crippen LogP) is 4.03. The quantitative estimate of drug-likeness (QED) is 0.239. The molecule has 0 saturated heterocycles. The summed E-state index contributed by atoms with van der Waals surface area (Å²) in [6, 6.07) is 6.87. The largest absolute Gasteiger partial charge is 0.361 e. The number of aryl methyl sites for hydroxylation is 1. The van der Waals surface area contributed by atoms with Gasteiger partial charge in [0, 0.05) is 42.7 Å². The van der Waals surface area contributed by atoms with E-state index in [1.54, 1.807) is 0 Å². The van der Waals surface area contributed by atoms with E-state index in [2.05, 4.69) is 64.2 Å². The number of nitrogens with one attached hydrogen (secondary N) is 4. The second-order valence-corrected chi connectivity index (χ2v) is 7.95. The van der Waals surface area contributed by atoms with E-state index in [4.69, 9.17) is 0 Å². The third-order valence-electron chi connectivity index (χ3n) is 5.53. The number of guanidine groups is 1. The van der Waals surface area contributed by atoms with Crippen LogP contribution in [0.3, 0.4) is 0 Å². The lowest BCUT2D eigenvalue weighted by molar-refractivity contribution is -0.121. The summed E-state index contributed by atoms with van der Waals surface area (Å²) in [4.78, 5) is 20.1.